The second-order valence-electron chi connectivity index (χ2n) is 6.53. The van der Waals surface area contributed by atoms with Crippen LogP contribution in [0.2, 0.25) is 0 Å². The largest absolute Gasteiger partial charge is 0.488 e. The van der Waals surface area contributed by atoms with Gasteiger partial charge in [-0.1, -0.05) is 84.9 Å². The Kier molecular flexibility index (Phi) is 4.88. The van der Waals surface area contributed by atoms with Gasteiger partial charge in [-0.15, -0.1) is 0 Å². The number of hydrogen-bond donors (Lipinski definition) is 2. The van der Waals surface area contributed by atoms with Gasteiger partial charge in [-0.3, -0.25) is 0 Å². The Hall–Kier alpha value is -3.14. The van der Waals surface area contributed by atoms with Gasteiger partial charge in [0.05, 0.1) is 0 Å². The molecule has 0 heterocycles. The molecule has 0 saturated heterocycles. The molecule has 0 aliphatic carbocycles. The Labute approximate surface area is 159 Å². The van der Waals surface area contributed by atoms with E-state index in [1.807, 2.05) is 48.5 Å². The molecule has 2 nitrogen and oxygen atoms in total. The van der Waals surface area contributed by atoms with Crippen LogP contribution >= 0.6 is 0 Å². The second-order valence-corrected chi connectivity index (χ2v) is 6.53. The van der Waals surface area contributed by atoms with E-state index in [2.05, 4.69) is 42.5 Å². The molecule has 130 valence electrons. The molecule has 4 aromatic rings. The number of hydrogen-bond acceptors (Lipinski definition) is 2. The maximum atomic E-state index is 9.33. The Morgan fingerprint density at radius 1 is 0.407 bits per heavy atom. The maximum absolute atomic E-state index is 9.33. The average molecular weight is 350 g/mol. The fourth-order valence-corrected chi connectivity index (χ4v) is 3.24. The summed E-state index contributed by atoms with van der Waals surface area (Å²) >= 11 is 0. The fourth-order valence-electron chi connectivity index (χ4n) is 3.24. The third-order valence-corrected chi connectivity index (χ3v) is 4.69. The van der Waals surface area contributed by atoms with Crippen LogP contribution < -0.4 is 5.46 Å². The molecule has 0 atom stereocenters. The Morgan fingerprint density at radius 2 is 0.778 bits per heavy atom. The molecule has 0 unspecified atom stereocenters. The van der Waals surface area contributed by atoms with Gasteiger partial charge in [0.2, 0.25) is 0 Å². The highest BCUT2D eigenvalue weighted by Crippen LogP contribution is 2.32. The van der Waals surface area contributed by atoms with Gasteiger partial charge in [-0.2, -0.15) is 0 Å². The van der Waals surface area contributed by atoms with E-state index in [0.717, 1.165) is 22.3 Å². The van der Waals surface area contributed by atoms with Crippen LogP contribution in [0.15, 0.2) is 103 Å². The maximum Gasteiger partial charge on any atom is 0.488 e. The summed E-state index contributed by atoms with van der Waals surface area (Å²) in [5.41, 5.74) is 7.25. The van der Waals surface area contributed by atoms with Crippen LogP contribution in [-0.4, -0.2) is 17.2 Å². The lowest BCUT2D eigenvalue weighted by atomic mass is 9.79. The predicted molar refractivity (Wildman–Crippen MR) is 113 cm³/mol. The summed E-state index contributed by atoms with van der Waals surface area (Å²) in [7, 11) is -1.45. The lowest BCUT2D eigenvalue weighted by Gasteiger charge is -2.12. The van der Waals surface area contributed by atoms with E-state index in [0.29, 0.717) is 5.46 Å². The summed E-state index contributed by atoms with van der Waals surface area (Å²) in [6.07, 6.45) is 0. The van der Waals surface area contributed by atoms with Gasteiger partial charge in [-0.05, 0) is 57.0 Å². The van der Waals surface area contributed by atoms with Crippen LogP contribution in [0.4, 0.5) is 0 Å². The van der Waals surface area contributed by atoms with Gasteiger partial charge in [0.25, 0.3) is 0 Å². The van der Waals surface area contributed by atoms with E-state index in [9.17, 15) is 10.0 Å². The molecule has 3 heteroatoms. The zero-order chi connectivity index (χ0) is 18.6. The molecule has 0 amide bonds. The SMILES string of the molecule is OB(O)c1ccc(-c2cc(-c3ccccc3)cc(-c3ccccc3)c2)cc1. The van der Waals surface area contributed by atoms with Crippen LogP contribution in [0.25, 0.3) is 33.4 Å². The minimum atomic E-state index is -1.45. The summed E-state index contributed by atoms with van der Waals surface area (Å²) in [5, 5.41) is 18.7. The monoisotopic (exact) mass is 350 g/mol. The van der Waals surface area contributed by atoms with Crippen molar-refractivity contribution in [2.75, 3.05) is 0 Å². The minimum absolute atomic E-state index is 0.487. The normalized spacial score (nSPS) is 10.6. The number of benzene rings is 4. The van der Waals surface area contributed by atoms with Crippen molar-refractivity contribution in [1.29, 1.82) is 0 Å². The highest BCUT2D eigenvalue weighted by atomic mass is 16.4. The third kappa shape index (κ3) is 3.85. The average Bonchev–Trinajstić information content (AvgIpc) is 2.75. The van der Waals surface area contributed by atoms with Crippen LogP contribution in [-0.2, 0) is 0 Å². The van der Waals surface area contributed by atoms with Crippen molar-refractivity contribution < 1.29 is 10.0 Å². The van der Waals surface area contributed by atoms with Gasteiger partial charge < -0.3 is 10.0 Å². The topological polar surface area (TPSA) is 40.5 Å². The van der Waals surface area contributed by atoms with Crippen molar-refractivity contribution in [2.24, 2.45) is 0 Å². The third-order valence-electron chi connectivity index (χ3n) is 4.69. The molecule has 0 saturated carbocycles. The fraction of sp³-hybridized carbons (Fsp3) is 0. The van der Waals surface area contributed by atoms with Crippen molar-refractivity contribution in [1.82, 2.24) is 0 Å². The minimum Gasteiger partial charge on any atom is -0.423 e. The molecule has 0 aliphatic rings. The van der Waals surface area contributed by atoms with E-state index in [1.54, 1.807) is 12.1 Å². The summed E-state index contributed by atoms with van der Waals surface area (Å²) in [6.45, 7) is 0. The summed E-state index contributed by atoms with van der Waals surface area (Å²) in [6, 6.07) is 34.5. The molecule has 4 rings (SSSR count). The Morgan fingerprint density at radius 3 is 1.15 bits per heavy atom. The molecular formula is C24H19BO2. The molecule has 0 aliphatic heterocycles. The van der Waals surface area contributed by atoms with Crippen LogP contribution in [0.3, 0.4) is 0 Å². The van der Waals surface area contributed by atoms with Gasteiger partial charge in [-0.25, -0.2) is 0 Å². The van der Waals surface area contributed by atoms with E-state index in [-0.39, 0.29) is 0 Å². The first-order valence-electron chi connectivity index (χ1n) is 8.93. The highest BCUT2D eigenvalue weighted by molar-refractivity contribution is 6.58. The smallest absolute Gasteiger partial charge is 0.423 e. The first-order valence-corrected chi connectivity index (χ1v) is 8.93. The van der Waals surface area contributed by atoms with Crippen molar-refractivity contribution in [3.05, 3.63) is 103 Å². The highest BCUT2D eigenvalue weighted by Gasteiger charge is 2.11. The van der Waals surface area contributed by atoms with E-state index < -0.39 is 7.12 Å². The molecule has 0 spiro atoms. The molecular weight excluding hydrogens is 331 g/mol. The summed E-state index contributed by atoms with van der Waals surface area (Å²) in [4.78, 5) is 0. The molecule has 27 heavy (non-hydrogen) atoms. The summed E-state index contributed by atoms with van der Waals surface area (Å²) < 4.78 is 0. The zero-order valence-electron chi connectivity index (χ0n) is 14.8. The second kappa shape index (κ2) is 7.62. The standard InChI is InChI=1S/C24H19BO2/c26-25(27)24-13-11-20(12-14-24)23-16-21(18-7-3-1-4-8-18)15-22(17-23)19-9-5-2-6-10-19/h1-17,26-27H. The van der Waals surface area contributed by atoms with E-state index in [1.165, 1.54) is 11.1 Å². The van der Waals surface area contributed by atoms with Gasteiger partial charge in [0, 0.05) is 0 Å². The van der Waals surface area contributed by atoms with Crippen LogP contribution in [0, 0.1) is 0 Å². The number of rotatable bonds is 4. The molecule has 0 fully saturated rings. The van der Waals surface area contributed by atoms with Crippen molar-refractivity contribution in [3.63, 3.8) is 0 Å². The van der Waals surface area contributed by atoms with Crippen molar-refractivity contribution in [3.8, 4) is 33.4 Å². The zero-order valence-corrected chi connectivity index (χ0v) is 14.8. The molecule has 4 aromatic carbocycles. The quantitative estimate of drug-likeness (QED) is 0.537. The van der Waals surface area contributed by atoms with E-state index in [4.69, 9.17) is 0 Å². The first-order chi connectivity index (χ1) is 13.2. The van der Waals surface area contributed by atoms with E-state index >= 15 is 0 Å². The molecule has 0 radical (unpaired) electrons. The lowest BCUT2D eigenvalue weighted by molar-refractivity contribution is 0.426. The van der Waals surface area contributed by atoms with Crippen molar-refractivity contribution in [2.45, 2.75) is 0 Å². The van der Waals surface area contributed by atoms with Gasteiger partial charge in [0.1, 0.15) is 0 Å². The molecule has 0 bridgehead atoms. The van der Waals surface area contributed by atoms with Crippen molar-refractivity contribution >= 4 is 12.6 Å². The summed E-state index contributed by atoms with van der Waals surface area (Å²) in [5.74, 6) is 0. The van der Waals surface area contributed by atoms with Gasteiger partial charge in [0.15, 0.2) is 0 Å². The molecule has 2 N–H and O–H groups in total. The van der Waals surface area contributed by atoms with Gasteiger partial charge >= 0.3 is 7.12 Å². The molecule has 0 aromatic heterocycles. The predicted octanol–water partition coefficient (Wildman–Crippen LogP) is 4.37. The first kappa shape index (κ1) is 17.3. The lowest BCUT2D eigenvalue weighted by Crippen LogP contribution is -2.29. The van der Waals surface area contributed by atoms with Crippen LogP contribution in [0.5, 0.6) is 0 Å². The Bertz CT molecular complexity index is 969. The van der Waals surface area contributed by atoms with Crippen LogP contribution in [0.1, 0.15) is 0 Å². The Balaban J connectivity index is 1.85.